The van der Waals surface area contributed by atoms with Crippen LogP contribution in [0.5, 0.6) is 0 Å². The van der Waals surface area contributed by atoms with Crippen molar-refractivity contribution < 1.29 is 4.79 Å². The zero-order chi connectivity index (χ0) is 13.2. The lowest BCUT2D eigenvalue weighted by molar-refractivity contribution is -0.116. The number of rotatable bonds is 2. The van der Waals surface area contributed by atoms with Gasteiger partial charge >= 0.3 is 0 Å². The highest BCUT2D eigenvalue weighted by atomic mass is 16.2. The molecule has 3 rings (SSSR count). The lowest BCUT2D eigenvalue weighted by atomic mass is 9.97. The lowest BCUT2D eigenvalue weighted by Crippen LogP contribution is -2.14. The Labute approximate surface area is 111 Å². The maximum Gasteiger partial charge on any atom is 0.248 e. The fraction of sp³-hybridized carbons (Fsp3) is 0.200. The molecule has 0 bridgehead atoms. The highest BCUT2D eigenvalue weighted by molar-refractivity contribution is 6.01. The Morgan fingerprint density at radius 1 is 1.37 bits per heavy atom. The van der Waals surface area contributed by atoms with Crippen molar-refractivity contribution in [2.24, 2.45) is 7.05 Å². The third kappa shape index (κ3) is 2.17. The van der Waals surface area contributed by atoms with Gasteiger partial charge in [0.2, 0.25) is 5.91 Å². The summed E-state index contributed by atoms with van der Waals surface area (Å²) in [6.45, 7) is 0.636. The maximum atomic E-state index is 12.0. The number of benzene rings is 1. The summed E-state index contributed by atoms with van der Waals surface area (Å²) in [5.41, 5.74) is 2.90. The standard InChI is InChI=1S/C15H15N3O/c1-18-10-16-9-14(18)13-8-17-15(19)12(13)7-11-5-3-2-4-6-11/h2-7,9-10,13H,8H2,1H3,(H,17,19). The summed E-state index contributed by atoms with van der Waals surface area (Å²) in [5.74, 6) is 0.0789. The molecule has 1 aromatic heterocycles. The highest BCUT2D eigenvalue weighted by Gasteiger charge is 2.31. The third-order valence-electron chi connectivity index (χ3n) is 3.44. The second-order valence-electron chi connectivity index (χ2n) is 4.70. The maximum absolute atomic E-state index is 12.0. The predicted octanol–water partition coefficient (Wildman–Crippen LogP) is 1.72. The van der Waals surface area contributed by atoms with Gasteiger partial charge < -0.3 is 9.88 Å². The molecule has 2 heterocycles. The monoisotopic (exact) mass is 253 g/mol. The Morgan fingerprint density at radius 2 is 2.16 bits per heavy atom. The number of aryl methyl sites for hydroxylation is 1. The van der Waals surface area contributed by atoms with Crippen molar-refractivity contribution in [1.82, 2.24) is 14.9 Å². The van der Waals surface area contributed by atoms with Gasteiger partial charge in [0.15, 0.2) is 0 Å². The number of carbonyl (C=O) groups excluding carboxylic acids is 1. The minimum Gasteiger partial charge on any atom is -0.351 e. The van der Waals surface area contributed by atoms with Crippen molar-refractivity contribution in [2.75, 3.05) is 6.54 Å². The molecule has 1 aromatic carbocycles. The van der Waals surface area contributed by atoms with Crippen LogP contribution >= 0.6 is 0 Å². The normalized spacial score (nSPS) is 20.8. The van der Waals surface area contributed by atoms with E-state index in [0.717, 1.165) is 16.8 Å². The van der Waals surface area contributed by atoms with E-state index in [4.69, 9.17) is 0 Å². The van der Waals surface area contributed by atoms with Gasteiger partial charge in [-0.2, -0.15) is 0 Å². The minimum absolute atomic E-state index is 0.00931. The molecule has 0 spiro atoms. The average molecular weight is 253 g/mol. The topological polar surface area (TPSA) is 46.9 Å². The molecular formula is C15H15N3O. The minimum atomic E-state index is 0.00931. The van der Waals surface area contributed by atoms with E-state index in [9.17, 15) is 4.79 Å². The van der Waals surface area contributed by atoms with Crippen LogP contribution < -0.4 is 5.32 Å². The lowest BCUT2D eigenvalue weighted by Gasteiger charge is -2.10. The number of hydrogen-bond donors (Lipinski definition) is 1. The molecule has 0 radical (unpaired) electrons. The van der Waals surface area contributed by atoms with Gasteiger partial charge in [0.1, 0.15) is 0 Å². The average Bonchev–Trinajstić information content (AvgIpc) is 2.99. The van der Waals surface area contributed by atoms with Crippen LogP contribution in [-0.4, -0.2) is 22.0 Å². The van der Waals surface area contributed by atoms with E-state index in [2.05, 4.69) is 10.3 Å². The molecule has 4 heteroatoms. The molecule has 1 fully saturated rings. The van der Waals surface area contributed by atoms with Crippen LogP contribution in [0.1, 0.15) is 17.2 Å². The number of aromatic nitrogens is 2. The van der Waals surface area contributed by atoms with E-state index in [-0.39, 0.29) is 11.8 Å². The predicted molar refractivity (Wildman–Crippen MR) is 73.4 cm³/mol. The molecular weight excluding hydrogens is 238 g/mol. The summed E-state index contributed by atoms with van der Waals surface area (Å²) in [7, 11) is 1.95. The fourth-order valence-electron chi connectivity index (χ4n) is 2.43. The number of nitrogens with zero attached hydrogens (tertiary/aromatic N) is 2. The molecule has 1 atom stereocenters. The second kappa shape index (κ2) is 4.72. The largest absolute Gasteiger partial charge is 0.351 e. The van der Waals surface area contributed by atoms with E-state index in [1.165, 1.54) is 0 Å². The molecule has 1 amide bonds. The van der Waals surface area contributed by atoms with Gasteiger partial charge in [0, 0.05) is 37.0 Å². The molecule has 1 N–H and O–H groups in total. The van der Waals surface area contributed by atoms with Gasteiger partial charge in [0.25, 0.3) is 0 Å². The van der Waals surface area contributed by atoms with Gasteiger partial charge in [-0.3, -0.25) is 4.79 Å². The summed E-state index contributed by atoms with van der Waals surface area (Å²) < 4.78 is 1.96. The van der Waals surface area contributed by atoms with Crippen molar-refractivity contribution in [3.63, 3.8) is 0 Å². The Morgan fingerprint density at radius 3 is 2.84 bits per heavy atom. The zero-order valence-corrected chi connectivity index (χ0v) is 10.7. The van der Waals surface area contributed by atoms with Crippen LogP contribution in [0.25, 0.3) is 6.08 Å². The van der Waals surface area contributed by atoms with Crippen molar-refractivity contribution in [3.8, 4) is 0 Å². The fourth-order valence-corrected chi connectivity index (χ4v) is 2.43. The number of hydrogen-bond acceptors (Lipinski definition) is 2. The van der Waals surface area contributed by atoms with Crippen LogP contribution in [0.15, 0.2) is 48.4 Å². The molecule has 2 aromatic rings. The summed E-state index contributed by atoms with van der Waals surface area (Å²) >= 11 is 0. The van der Waals surface area contributed by atoms with Crippen molar-refractivity contribution >= 4 is 12.0 Å². The second-order valence-corrected chi connectivity index (χ2v) is 4.70. The SMILES string of the molecule is Cn1cncc1C1CNC(=O)C1=Cc1ccccc1. The van der Waals surface area contributed by atoms with Crippen LogP contribution in [0.2, 0.25) is 0 Å². The van der Waals surface area contributed by atoms with E-state index >= 15 is 0 Å². The van der Waals surface area contributed by atoms with Gasteiger partial charge in [-0.25, -0.2) is 4.98 Å². The molecule has 19 heavy (non-hydrogen) atoms. The van der Waals surface area contributed by atoms with Gasteiger partial charge in [-0.15, -0.1) is 0 Å². The smallest absolute Gasteiger partial charge is 0.248 e. The van der Waals surface area contributed by atoms with E-state index < -0.39 is 0 Å². The molecule has 1 aliphatic heterocycles. The number of nitrogens with one attached hydrogen (secondary N) is 1. The number of imidazole rings is 1. The molecule has 1 saturated heterocycles. The van der Waals surface area contributed by atoms with Gasteiger partial charge in [-0.05, 0) is 11.6 Å². The highest BCUT2D eigenvalue weighted by Crippen LogP contribution is 2.29. The molecule has 96 valence electrons. The van der Waals surface area contributed by atoms with Crippen LogP contribution in [0.3, 0.4) is 0 Å². The Hall–Kier alpha value is -2.36. The molecule has 1 unspecified atom stereocenters. The molecule has 1 aliphatic rings. The molecule has 0 aliphatic carbocycles. The van der Waals surface area contributed by atoms with Crippen LogP contribution in [0.4, 0.5) is 0 Å². The number of amides is 1. The Bertz CT molecular complexity index is 628. The van der Waals surface area contributed by atoms with Crippen molar-refractivity contribution in [3.05, 3.63) is 59.7 Å². The third-order valence-corrected chi connectivity index (χ3v) is 3.44. The Balaban J connectivity index is 2.00. The first-order valence-electron chi connectivity index (χ1n) is 6.27. The van der Waals surface area contributed by atoms with Crippen LogP contribution in [0, 0.1) is 0 Å². The van der Waals surface area contributed by atoms with Crippen molar-refractivity contribution in [2.45, 2.75) is 5.92 Å². The van der Waals surface area contributed by atoms with Crippen molar-refractivity contribution in [1.29, 1.82) is 0 Å². The molecule has 4 nitrogen and oxygen atoms in total. The Kier molecular flexibility index (Phi) is 2.91. The van der Waals surface area contributed by atoms with Gasteiger partial charge in [0.05, 0.1) is 6.33 Å². The summed E-state index contributed by atoms with van der Waals surface area (Å²) in [6.07, 6.45) is 5.54. The quantitative estimate of drug-likeness (QED) is 0.828. The first-order valence-corrected chi connectivity index (χ1v) is 6.27. The van der Waals surface area contributed by atoms with E-state index in [1.54, 1.807) is 6.33 Å². The number of carbonyl (C=O) groups is 1. The summed E-state index contributed by atoms with van der Waals surface area (Å²) in [5, 5.41) is 2.91. The van der Waals surface area contributed by atoms with Crippen LogP contribution in [-0.2, 0) is 11.8 Å². The molecule has 0 saturated carbocycles. The van der Waals surface area contributed by atoms with Gasteiger partial charge in [-0.1, -0.05) is 30.3 Å². The first-order chi connectivity index (χ1) is 9.25. The zero-order valence-electron chi connectivity index (χ0n) is 10.7. The summed E-state index contributed by atoms with van der Waals surface area (Å²) in [4.78, 5) is 16.1. The first kappa shape index (κ1) is 11.7. The summed E-state index contributed by atoms with van der Waals surface area (Å²) in [6, 6.07) is 9.91. The van der Waals surface area contributed by atoms with E-state index in [1.807, 2.05) is 54.2 Å². The van der Waals surface area contributed by atoms with E-state index in [0.29, 0.717) is 6.54 Å².